The van der Waals surface area contributed by atoms with E-state index in [4.69, 9.17) is 11.6 Å². The van der Waals surface area contributed by atoms with Gasteiger partial charge in [-0.25, -0.2) is 4.99 Å². The van der Waals surface area contributed by atoms with E-state index in [1.807, 2.05) is 43.3 Å². The van der Waals surface area contributed by atoms with E-state index in [0.717, 1.165) is 5.69 Å². The third kappa shape index (κ3) is 3.16. The normalized spacial score (nSPS) is 15.8. The average molecular weight is 341 g/mol. The van der Waals surface area contributed by atoms with Gasteiger partial charge in [0.25, 0.3) is 5.91 Å². The van der Waals surface area contributed by atoms with E-state index in [0.29, 0.717) is 27.8 Å². The molecule has 5 nitrogen and oxygen atoms in total. The van der Waals surface area contributed by atoms with E-state index in [2.05, 4.69) is 10.1 Å². The summed E-state index contributed by atoms with van der Waals surface area (Å²) >= 11 is 5.99. The largest absolute Gasteiger partial charge is 0.378 e. The Bertz CT molecular complexity index is 840. The second-order valence-corrected chi connectivity index (χ2v) is 6.09. The summed E-state index contributed by atoms with van der Waals surface area (Å²) in [5, 5.41) is 6.19. The van der Waals surface area contributed by atoms with Crippen LogP contribution in [0, 0.1) is 0 Å². The molecule has 1 aliphatic heterocycles. The van der Waals surface area contributed by atoms with Crippen LogP contribution < -0.4 is 9.91 Å². The van der Waals surface area contributed by atoms with Crippen molar-refractivity contribution < 1.29 is 4.79 Å². The van der Waals surface area contributed by atoms with Gasteiger partial charge >= 0.3 is 0 Å². The fourth-order valence-corrected chi connectivity index (χ4v) is 2.55. The molecule has 1 heterocycles. The predicted molar refractivity (Wildman–Crippen MR) is 99.9 cm³/mol. The van der Waals surface area contributed by atoms with Crippen LogP contribution in [-0.4, -0.2) is 31.4 Å². The molecule has 24 heavy (non-hydrogen) atoms. The van der Waals surface area contributed by atoms with E-state index in [1.54, 1.807) is 31.2 Å². The first-order valence-corrected chi connectivity index (χ1v) is 7.85. The van der Waals surface area contributed by atoms with E-state index < -0.39 is 0 Å². The molecule has 2 aromatic carbocycles. The number of anilines is 2. The summed E-state index contributed by atoms with van der Waals surface area (Å²) in [7, 11) is 3.95. The Labute approximate surface area is 145 Å². The smallest absolute Gasteiger partial charge is 0.299 e. The highest BCUT2D eigenvalue weighted by Gasteiger charge is 2.30. The molecule has 2 aromatic rings. The lowest BCUT2D eigenvalue weighted by molar-refractivity contribution is -0.112. The van der Waals surface area contributed by atoms with Crippen molar-refractivity contribution in [3.8, 4) is 0 Å². The first-order chi connectivity index (χ1) is 11.5. The van der Waals surface area contributed by atoms with Crippen LogP contribution in [0.25, 0.3) is 0 Å². The summed E-state index contributed by atoms with van der Waals surface area (Å²) in [6.07, 6.45) is 0. The molecule has 3 rings (SSSR count). The number of carbonyl (C=O) groups excluding carboxylic acids is 1. The van der Waals surface area contributed by atoms with Crippen molar-refractivity contribution in [2.75, 3.05) is 24.0 Å². The van der Waals surface area contributed by atoms with Crippen LogP contribution in [0.5, 0.6) is 0 Å². The number of hydrazone groups is 1. The molecule has 122 valence electrons. The minimum Gasteiger partial charge on any atom is -0.378 e. The first kappa shape index (κ1) is 16.2. The van der Waals surface area contributed by atoms with Gasteiger partial charge in [0.2, 0.25) is 0 Å². The van der Waals surface area contributed by atoms with Gasteiger partial charge in [-0.2, -0.15) is 10.1 Å². The Balaban J connectivity index is 1.90. The van der Waals surface area contributed by atoms with Gasteiger partial charge in [0.05, 0.1) is 17.1 Å². The molecule has 0 N–H and O–H groups in total. The molecule has 0 atom stereocenters. The van der Waals surface area contributed by atoms with Crippen molar-refractivity contribution in [3.05, 3.63) is 53.6 Å². The van der Waals surface area contributed by atoms with Gasteiger partial charge < -0.3 is 4.90 Å². The molecule has 1 amide bonds. The molecular weight excluding hydrogens is 324 g/mol. The number of benzene rings is 2. The maximum absolute atomic E-state index is 12.6. The van der Waals surface area contributed by atoms with Gasteiger partial charge in [-0.05, 0) is 49.4 Å². The van der Waals surface area contributed by atoms with Crippen molar-refractivity contribution in [1.82, 2.24) is 0 Å². The summed E-state index contributed by atoms with van der Waals surface area (Å²) in [4.78, 5) is 19.1. The number of carbonyl (C=O) groups is 1. The number of nitrogens with zero attached hydrogens (tertiary/aromatic N) is 4. The molecule has 0 fully saturated rings. The molecule has 0 bridgehead atoms. The van der Waals surface area contributed by atoms with Crippen LogP contribution in [0.1, 0.15) is 6.92 Å². The highest BCUT2D eigenvalue weighted by atomic mass is 35.5. The predicted octanol–water partition coefficient (Wildman–Crippen LogP) is 3.90. The lowest BCUT2D eigenvalue weighted by Crippen LogP contribution is -2.27. The van der Waals surface area contributed by atoms with Crippen molar-refractivity contribution in [1.29, 1.82) is 0 Å². The number of halogens is 1. The maximum Gasteiger partial charge on any atom is 0.299 e. The molecule has 1 aliphatic rings. The summed E-state index contributed by atoms with van der Waals surface area (Å²) in [5.41, 5.74) is 3.33. The van der Waals surface area contributed by atoms with Gasteiger partial charge in [0, 0.05) is 24.8 Å². The summed E-state index contributed by atoms with van der Waals surface area (Å²) in [6, 6.07) is 14.7. The Kier molecular flexibility index (Phi) is 4.36. The molecular formula is C18H17ClN4O. The van der Waals surface area contributed by atoms with E-state index in [-0.39, 0.29) is 5.91 Å². The fourth-order valence-electron chi connectivity index (χ4n) is 2.36. The maximum atomic E-state index is 12.6. The summed E-state index contributed by atoms with van der Waals surface area (Å²) < 4.78 is 0. The molecule has 0 aromatic heterocycles. The molecule has 0 saturated heterocycles. The third-order valence-electron chi connectivity index (χ3n) is 3.65. The molecule has 0 radical (unpaired) electrons. The monoisotopic (exact) mass is 340 g/mol. The number of hydrogen-bond donors (Lipinski definition) is 0. The van der Waals surface area contributed by atoms with Crippen LogP contribution in [0.3, 0.4) is 0 Å². The van der Waals surface area contributed by atoms with Gasteiger partial charge in [0.1, 0.15) is 0 Å². The Morgan fingerprint density at radius 1 is 1.12 bits per heavy atom. The standard InChI is InChI=1S/C18H17ClN4O/c1-12-17(20-14-7-9-15(10-8-14)22(2)3)18(24)23(21-12)16-6-4-5-13(19)11-16/h4-11H,1-3H3. The van der Waals surface area contributed by atoms with Crippen molar-refractivity contribution in [3.63, 3.8) is 0 Å². The van der Waals surface area contributed by atoms with Crippen LogP contribution in [0.2, 0.25) is 5.02 Å². The van der Waals surface area contributed by atoms with Gasteiger partial charge in [-0.15, -0.1) is 0 Å². The van der Waals surface area contributed by atoms with Crippen LogP contribution in [0.4, 0.5) is 17.1 Å². The zero-order valence-electron chi connectivity index (χ0n) is 13.7. The van der Waals surface area contributed by atoms with Crippen LogP contribution in [-0.2, 0) is 4.79 Å². The van der Waals surface area contributed by atoms with Gasteiger partial charge in [-0.3, -0.25) is 4.79 Å². The topological polar surface area (TPSA) is 48.3 Å². The minimum atomic E-state index is -0.258. The number of aliphatic imine (C=N–C) groups is 1. The van der Waals surface area contributed by atoms with E-state index in [9.17, 15) is 4.79 Å². The van der Waals surface area contributed by atoms with E-state index >= 15 is 0 Å². The van der Waals surface area contributed by atoms with Crippen molar-refractivity contribution in [2.24, 2.45) is 10.1 Å². The first-order valence-electron chi connectivity index (χ1n) is 7.47. The number of rotatable bonds is 3. The number of hydrogen-bond acceptors (Lipinski definition) is 4. The van der Waals surface area contributed by atoms with Crippen molar-refractivity contribution >= 4 is 46.0 Å². The zero-order chi connectivity index (χ0) is 17.3. The lowest BCUT2D eigenvalue weighted by Gasteiger charge is -2.12. The zero-order valence-corrected chi connectivity index (χ0v) is 14.4. The Morgan fingerprint density at radius 3 is 2.46 bits per heavy atom. The summed E-state index contributed by atoms with van der Waals surface area (Å²) in [5.74, 6) is -0.258. The van der Waals surface area contributed by atoms with Crippen LogP contribution >= 0.6 is 11.6 Å². The van der Waals surface area contributed by atoms with Crippen molar-refractivity contribution in [2.45, 2.75) is 6.92 Å². The fraction of sp³-hybridized carbons (Fsp3) is 0.167. The average Bonchev–Trinajstić information content (AvgIpc) is 2.83. The quantitative estimate of drug-likeness (QED) is 0.850. The van der Waals surface area contributed by atoms with Crippen LogP contribution in [0.15, 0.2) is 58.6 Å². The Morgan fingerprint density at radius 2 is 1.83 bits per heavy atom. The molecule has 0 unspecified atom stereocenters. The summed E-state index contributed by atoms with van der Waals surface area (Å²) in [6.45, 7) is 1.77. The number of amides is 1. The second-order valence-electron chi connectivity index (χ2n) is 5.65. The van der Waals surface area contributed by atoms with Gasteiger partial charge in [-0.1, -0.05) is 17.7 Å². The second kappa shape index (κ2) is 6.45. The van der Waals surface area contributed by atoms with Gasteiger partial charge in [0.15, 0.2) is 5.71 Å². The lowest BCUT2D eigenvalue weighted by atomic mass is 10.2. The Hall–Kier alpha value is -2.66. The molecule has 6 heteroatoms. The molecule has 0 saturated carbocycles. The highest BCUT2D eigenvalue weighted by Crippen LogP contribution is 2.25. The van der Waals surface area contributed by atoms with E-state index in [1.165, 1.54) is 5.01 Å². The SMILES string of the molecule is CC1=NN(c2cccc(Cl)c2)C(=O)C1=Nc1ccc(N(C)C)cc1. The molecule has 0 aliphatic carbocycles. The minimum absolute atomic E-state index is 0.258. The highest BCUT2D eigenvalue weighted by molar-refractivity contribution is 6.71. The third-order valence-corrected chi connectivity index (χ3v) is 3.88. The molecule has 0 spiro atoms.